The molecule has 0 bridgehead atoms. The second-order valence-corrected chi connectivity index (χ2v) is 12.3. The number of aliphatic hydroxyl groups is 1. The molecule has 0 spiro atoms. The largest absolute Gasteiger partial charge is 0.460 e. The van der Waals surface area contributed by atoms with E-state index >= 15 is 0 Å². The van der Waals surface area contributed by atoms with E-state index in [0.717, 1.165) is 33.8 Å². The third-order valence-electron chi connectivity index (χ3n) is 7.02. The molecular weight excluding hydrogens is 571 g/mol. The number of rotatable bonds is 13. The lowest BCUT2D eigenvalue weighted by Crippen LogP contribution is -2.26. The maximum atomic E-state index is 14.1. The summed E-state index contributed by atoms with van der Waals surface area (Å²) >= 11 is 0. The zero-order chi connectivity index (χ0) is 32.6. The zero-order valence-electron chi connectivity index (χ0n) is 26.5. The van der Waals surface area contributed by atoms with Crippen LogP contribution in [0.15, 0.2) is 89.9 Å². The average molecular weight is 613 g/mol. The van der Waals surface area contributed by atoms with Crippen molar-refractivity contribution in [3.63, 3.8) is 0 Å². The Morgan fingerprint density at radius 1 is 0.933 bits per heavy atom. The summed E-state index contributed by atoms with van der Waals surface area (Å²) in [6, 6.07) is 25.5. The minimum absolute atomic E-state index is 0.0206. The van der Waals surface area contributed by atoms with Crippen LogP contribution in [0.1, 0.15) is 65.5 Å². The molecule has 4 aromatic rings. The van der Waals surface area contributed by atoms with Gasteiger partial charge in [-0.1, -0.05) is 62.4 Å². The second kappa shape index (κ2) is 14.9. The number of ether oxygens (including phenoxy) is 2. The molecule has 0 saturated carbocycles. The van der Waals surface area contributed by atoms with E-state index in [1.807, 2.05) is 60.7 Å². The first-order valence-corrected chi connectivity index (χ1v) is 15.2. The first-order valence-electron chi connectivity index (χ1n) is 15.2. The van der Waals surface area contributed by atoms with Crippen molar-refractivity contribution in [3.05, 3.63) is 96.4 Å². The van der Waals surface area contributed by atoms with E-state index in [1.54, 1.807) is 32.9 Å². The van der Waals surface area contributed by atoms with Crippen LogP contribution in [0.2, 0.25) is 0 Å². The fraction of sp³-hybridized carbons (Fsp3) is 0.324. The van der Waals surface area contributed by atoms with Gasteiger partial charge in [0, 0.05) is 13.0 Å². The molecule has 0 saturated heterocycles. The van der Waals surface area contributed by atoms with E-state index in [0.29, 0.717) is 12.3 Å². The van der Waals surface area contributed by atoms with E-state index in [4.69, 9.17) is 9.47 Å². The van der Waals surface area contributed by atoms with E-state index in [-0.39, 0.29) is 24.6 Å². The summed E-state index contributed by atoms with van der Waals surface area (Å²) in [5, 5.41) is 10.9. The van der Waals surface area contributed by atoms with E-state index in [9.17, 15) is 19.1 Å². The summed E-state index contributed by atoms with van der Waals surface area (Å²) in [6.45, 7) is 9.65. The first-order chi connectivity index (χ1) is 21.4. The Balaban J connectivity index is 1.74. The molecule has 0 fully saturated rings. The van der Waals surface area contributed by atoms with Gasteiger partial charge in [-0.25, -0.2) is 9.38 Å². The van der Waals surface area contributed by atoms with Gasteiger partial charge >= 0.3 is 5.97 Å². The van der Waals surface area contributed by atoms with Crippen molar-refractivity contribution in [2.24, 2.45) is 4.99 Å². The normalized spacial score (nSPS) is 12.4. The van der Waals surface area contributed by atoms with Crippen LogP contribution in [0.5, 0.6) is 5.75 Å². The molecule has 0 aliphatic heterocycles. The minimum atomic E-state index is -0.993. The van der Waals surface area contributed by atoms with Gasteiger partial charge in [-0.15, -0.1) is 0 Å². The average Bonchev–Trinajstić information content (AvgIpc) is 3.30. The number of carbonyl (C=O) groups excluding carboxylic acids is 2. The van der Waals surface area contributed by atoms with Crippen molar-refractivity contribution in [2.45, 2.75) is 78.0 Å². The Labute approximate surface area is 264 Å². The third-order valence-corrected chi connectivity index (χ3v) is 7.02. The smallest absolute Gasteiger partial charge is 0.313 e. The minimum Gasteiger partial charge on any atom is -0.460 e. The van der Waals surface area contributed by atoms with E-state index in [1.165, 1.54) is 18.5 Å². The molecule has 0 radical (unpaired) electrons. The number of Topliss-reactive ketones (excluding diaryl/α,β-unsaturated/α-hetero) is 1. The van der Waals surface area contributed by atoms with Gasteiger partial charge in [0.25, 0.3) is 0 Å². The molecule has 1 N–H and O–H groups in total. The summed E-state index contributed by atoms with van der Waals surface area (Å²) in [6.07, 6.45) is 0.0856. The van der Waals surface area contributed by atoms with Crippen LogP contribution in [0.3, 0.4) is 0 Å². The Morgan fingerprint density at radius 3 is 2.16 bits per heavy atom. The van der Waals surface area contributed by atoms with Crippen LogP contribution in [-0.2, 0) is 20.9 Å². The van der Waals surface area contributed by atoms with Crippen LogP contribution >= 0.6 is 0 Å². The number of ketones is 1. The fourth-order valence-corrected chi connectivity index (χ4v) is 5.23. The second-order valence-electron chi connectivity index (χ2n) is 12.3. The van der Waals surface area contributed by atoms with Gasteiger partial charge in [-0.2, -0.15) is 0 Å². The lowest BCUT2D eigenvalue weighted by atomic mass is 9.99. The SMILES string of the molecule is CC(C)c1c(OC=Nc2ccccc2)c(-c2ccccc2)c(-c2ccc(F)cc2)n1CC[C@@H](O)CC(=O)CC(=O)OC(C)(C)C. The Morgan fingerprint density at radius 2 is 1.56 bits per heavy atom. The predicted octanol–water partition coefficient (Wildman–Crippen LogP) is 8.27. The van der Waals surface area contributed by atoms with Crippen LogP contribution in [0.25, 0.3) is 22.4 Å². The molecule has 1 atom stereocenters. The van der Waals surface area contributed by atoms with Crippen molar-refractivity contribution >= 4 is 23.8 Å². The molecule has 3 aromatic carbocycles. The van der Waals surface area contributed by atoms with Crippen LogP contribution in [-0.4, -0.2) is 39.5 Å². The number of esters is 1. The topological polar surface area (TPSA) is 90.1 Å². The summed E-state index contributed by atoms with van der Waals surface area (Å²) in [4.78, 5) is 29.2. The number of hydrogen-bond acceptors (Lipinski definition) is 6. The van der Waals surface area contributed by atoms with Gasteiger partial charge in [0.2, 0.25) is 0 Å². The molecule has 45 heavy (non-hydrogen) atoms. The number of hydrogen-bond donors (Lipinski definition) is 1. The number of para-hydroxylation sites is 1. The summed E-state index contributed by atoms with van der Waals surface area (Å²) in [5.74, 6) is -0.776. The quantitative estimate of drug-likeness (QED) is 0.0711. The Hall–Kier alpha value is -4.56. The molecule has 236 valence electrons. The van der Waals surface area contributed by atoms with Crippen molar-refractivity contribution < 1.29 is 28.6 Å². The van der Waals surface area contributed by atoms with Crippen LogP contribution in [0.4, 0.5) is 10.1 Å². The Bertz CT molecular complexity index is 1600. The molecule has 7 nitrogen and oxygen atoms in total. The number of nitrogens with zero attached hydrogens (tertiary/aromatic N) is 2. The number of benzene rings is 3. The number of aromatic nitrogens is 1. The molecule has 0 aliphatic rings. The molecule has 8 heteroatoms. The standard InChI is InChI=1S/C37H41FN2O5/c1-25(2)34-36(44-24-39-29-14-10-7-11-15-29)33(26-12-8-6-9-13-26)35(27-16-18-28(38)19-17-27)40(34)21-20-30(41)22-31(42)23-32(43)45-37(3,4)5/h6-19,24-25,30,41H,20-23H2,1-5H3/t30-/m1/s1. The molecule has 0 aliphatic carbocycles. The fourth-order valence-electron chi connectivity index (χ4n) is 5.23. The van der Waals surface area contributed by atoms with Gasteiger partial charge in [0.1, 0.15) is 23.6 Å². The maximum absolute atomic E-state index is 14.1. The van der Waals surface area contributed by atoms with Gasteiger partial charge in [-0.3, -0.25) is 9.59 Å². The monoisotopic (exact) mass is 612 g/mol. The van der Waals surface area contributed by atoms with Gasteiger partial charge < -0.3 is 19.1 Å². The highest BCUT2D eigenvalue weighted by Crippen LogP contribution is 2.47. The predicted molar refractivity (Wildman–Crippen MR) is 175 cm³/mol. The summed E-state index contributed by atoms with van der Waals surface area (Å²) in [7, 11) is 0. The van der Waals surface area contributed by atoms with E-state index in [2.05, 4.69) is 23.4 Å². The number of aliphatic imine (C=N–C) groups is 1. The molecular formula is C37H41FN2O5. The van der Waals surface area contributed by atoms with E-state index < -0.39 is 29.9 Å². The van der Waals surface area contributed by atoms with Crippen molar-refractivity contribution in [1.82, 2.24) is 4.57 Å². The highest BCUT2D eigenvalue weighted by Gasteiger charge is 2.29. The number of aliphatic hydroxyl groups excluding tert-OH is 1. The highest BCUT2D eigenvalue weighted by molar-refractivity contribution is 5.95. The lowest BCUT2D eigenvalue weighted by Gasteiger charge is -2.20. The van der Waals surface area contributed by atoms with Crippen molar-refractivity contribution in [3.8, 4) is 28.1 Å². The molecule has 1 aromatic heterocycles. The van der Waals surface area contributed by atoms with Crippen LogP contribution < -0.4 is 4.74 Å². The summed E-state index contributed by atoms with van der Waals surface area (Å²) < 4.78 is 27.8. The lowest BCUT2D eigenvalue weighted by molar-refractivity contribution is -0.156. The summed E-state index contributed by atoms with van der Waals surface area (Å²) in [5.41, 5.74) is 4.16. The molecule has 4 rings (SSSR count). The molecule has 1 heterocycles. The van der Waals surface area contributed by atoms with Gasteiger partial charge in [-0.05, 0) is 80.6 Å². The molecule has 0 unspecified atom stereocenters. The van der Waals surface area contributed by atoms with Gasteiger partial charge in [0.15, 0.2) is 12.2 Å². The number of carbonyl (C=O) groups is 2. The van der Waals surface area contributed by atoms with Crippen LogP contribution in [0, 0.1) is 5.82 Å². The molecule has 0 amide bonds. The highest BCUT2D eigenvalue weighted by atomic mass is 19.1. The first kappa shape index (κ1) is 33.3. The Kier molecular flexibility index (Phi) is 11.1. The van der Waals surface area contributed by atoms with Crippen molar-refractivity contribution in [1.29, 1.82) is 0 Å². The van der Waals surface area contributed by atoms with Gasteiger partial charge in [0.05, 0.1) is 28.7 Å². The van der Waals surface area contributed by atoms with Crippen molar-refractivity contribution in [2.75, 3.05) is 0 Å². The zero-order valence-corrected chi connectivity index (χ0v) is 26.5. The maximum Gasteiger partial charge on any atom is 0.313 e. The number of halogens is 1. The third kappa shape index (κ3) is 9.22.